The summed E-state index contributed by atoms with van der Waals surface area (Å²) in [7, 11) is -1.30. The Labute approximate surface area is 336 Å². The molecule has 0 saturated heterocycles. The molecule has 0 atom stereocenters. The average Bonchev–Trinajstić information content (AvgIpc) is 3.57. The van der Waals surface area contributed by atoms with E-state index in [0.717, 1.165) is 61.2 Å². The summed E-state index contributed by atoms with van der Waals surface area (Å²) in [6, 6.07) is 45.4. The molecule has 0 unspecified atom stereocenters. The Morgan fingerprint density at radius 1 is 0.727 bits per heavy atom. The summed E-state index contributed by atoms with van der Waals surface area (Å²) in [6.07, 6.45) is 3.53. The maximum Gasteiger partial charge on any atom is 0.130 e. The van der Waals surface area contributed by atoms with Crippen LogP contribution in [0, 0.1) is 29.3 Å². The van der Waals surface area contributed by atoms with E-state index in [9.17, 15) is 9.65 Å². The van der Waals surface area contributed by atoms with E-state index in [1.54, 1.807) is 12.4 Å². The van der Waals surface area contributed by atoms with E-state index in [4.69, 9.17) is 4.42 Å². The van der Waals surface area contributed by atoms with Crippen molar-refractivity contribution < 1.29 is 28.9 Å². The van der Waals surface area contributed by atoms with Crippen molar-refractivity contribution >= 4 is 35.2 Å². The minimum atomic E-state index is -1.30. The molecule has 275 valence electrons. The second-order valence-corrected chi connectivity index (χ2v) is 20.3. The molecule has 8 aromatic rings. The standard InChI is InChI=1S/C33H24N3O.C14H15FNSi.Ir/c1-33(2,3)29-18-28(35-20-36-29)27-11-7-10-25-26-17-16-24(19-34)30(32(26)37-31(25)27)23-14-12-22(13-15-23)21-8-5-4-6-9-21;1-17(2,3)13-8-9-14(16-10-13)11-4-6-12(15)7-5-11;/h4-10,12-18,20H,1-3H3;4,6-10H,1-3H3;/q2*-1;. The fraction of sp³-hybridized carbons (Fsp3) is 0.149. The maximum atomic E-state index is 12.8. The molecule has 0 aliphatic heterocycles. The van der Waals surface area contributed by atoms with Gasteiger partial charge in [0.05, 0.1) is 25.3 Å². The van der Waals surface area contributed by atoms with Crippen LogP contribution in [0.25, 0.3) is 66.7 Å². The zero-order chi connectivity index (χ0) is 38.0. The quantitative estimate of drug-likeness (QED) is 0.127. The molecule has 5 aromatic carbocycles. The van der Waals surface area contributed by atoms with Gasteiger partial charge in [-0.3, -0.25) is 9.37 Å². The Balaban J connectivity index is 0.000000241. The third-order valence-corrected chi connectivity index (χ3v) is 11.4. The van der Waals surface area contributed by atoms with E-state index in [0.29, 0.717) is 16.7 Å². The van der Waals surface area contributed by atoms with Gasteiger partial charge in [-0.25, -0.2) is 4.98 Å². The zero-order valence-electron chi connectivity index (χ0n) is 31.5. The number of pyridine rings is 1. The summed E-state index contributed by atoms with van der Waals surface area (Å²) in [5.74, 6) is -0.271. The van der Waals surface area contributed by atoms with E-state index in [1.165, 1.54) is 17.3 Å². The number of rotatable bonds is 5. The normalized spacial score (nSPS) is 11.4. The molecule has 5 nitrogen and oxygen atoms in total. The van der Waals surface area contributed by atoms with Crippen LogP contribution in [0.1, 0.15) is 32.0 Å². The van der Waals surface area contributed by atoms with Crippen molar-refractivity contribution in [1.29, 1.82) is 5.26 Å². The molecule has 0 fully saturated rings. The number of furan rings is 1. The molecule has 0 aliphatic carbocycles. The van der Waals surface area contributed by atoms with E-state index >= 15 is 0 Å². The van der Waals surface area contributed by atoms with Crippen molar-refractivity contribution in [2.45, 2.75) is 45.8 Å². The van der Waals surface area contributed by atoms with E-state index in [1.807, 2.05) is 60.8 Å². The van der Waals surface area contributed by atoms with Crippen LogP contribution in [0.15, 0.2) is 132 Å². The van der Waals surface area contributed by atoms with E-state index in [2.05, 4.69) is 116 Å². The summed E-state index contributed by atoms with van der Waals surface area (Å²) >= 11 is 0. The maximum absolute atomic E-state index is 12.8. The summed E-state index contributed by atoms with van der Waals surface area (Å²) in [4.78, 5) is 13.4. The number of nitriles is 1. The molecule has 8 rings (SSSR count). The summed E-state index contributed by atoms with van der Waals surface area (Å²) < 4.78 is 19.3. The van der Waals surface area contributed by atoms with Crippen molar-refractivity contribution in [1.82, 2.24) is 15.0 Å². The van der Waals surface area contributed by atoms with Gasteiger partial charge >= 0.3 is 0 Å². The molecule has 3 heterocycles. The fourth-order valence-corrected chi connectivity index (χ4v) is 7.34. The van der Waals surface area contributed by atoms with Crippen LogP contribution in [-0.2, 0) is 25.5 Å². The Bertz CT molecular complexity index is 2620. The largest absolute Gasteiger partial charge is 0.500 e. The van der Waals surface area contributed by atoms with Crippen LogP contribution in [0.2, 0.25) is 19.6 Å². The molecule has 0 aliphatic rings. The topological polar surface area (TPSA) is 75.6 Å². The first-order valence-electron chi connectivity index (χ1n) is 17.8. The van der Waals surface area contributed by atoms with Crippen LogP contribution in [-0.4, -0.2) is 23.0 Å². The molecule has 1 radical (unpaired) electrons. The minimum absolute atomic E-state index is 0. The van der Waals surface area contributed by atoms with Gasteiger partial charge in [0.25, 0.3) is 0 Å². The third-order valence-electron chi connectivity index (χ3n) is 9.37. The molecule has 0 bridgehead atoms. The van der Waals surface area contributed by atoms with Gasteiger partial charge in [0.15, 0.2) is 0 Å². The van der Waals surface area contributed by atoms with Crippen molar-refractivity contribution in [3.63, 3.8) is 0 Å². The number of aromatic nitrogens is 3. The first kappa shape index (κ1) is 39.1. The first-order valence-corrected chi connectivity index (χ1v) is 21.3. The molecule has 55 heavy (non-hydrogen) atoms. The second kappa shape index (κ2) is 16.0. The number of hydrogen-bond acceptors (Lipinski definition) is 5. The van der Waals surface area contributed by atoms with Gasteiger partial charge in [0, 0.05) is 54.2 Å². The van der Waals surface area contributed by atoms with Gasteiger partial charge in [-0.2, -0.15) is 5.26 Å². The zero-order valence-corrected chi connectivity index (χ0v) is 34.9. The number of benzene rings is 5. The van der Waals surface area contributed by atoms with Gasteiger partial charge in [-0.15, -0.1) is 48.0 Å². The molecular formula is C47H39FIrN4OSi-2. The monoisotopic (exact) mass is 915 g/mol. The SMILES string of the molecule is CC(C)(C)c1cc(-c2[c-]ccc3c2oc2c(-c4ccc(-c5ccccc5)cc4)c(C#N)ccc23)ncn1.C[Si](C)(C)c1ccc(-c2[c-]cc(F)cc2)nc1.[Ir]. The van der Waals surface area contributed by atoms with Crippen molar-refractivity contribution in [2.24, 2.45) is 0 Å². The molecule has 0 amide bonds. The Morgan fingerprint density at radius 2 is 1.44 bits per heavy atom. The Kier molecular flexibility index (Phi) is 11.4. The van der Waals surface area contributed by atoms with Gasteiger partial charge in [0.2, 0.25) is 0 Å². The van der Waals surface area contributed by atoms with E-state index < -0.39 is 8.07 Å². The number of hydrogen-bond donors (Lipinski definition) is 0. The second-order valence-electron chi connectivity index (χ2n) is 15.3. The van der Waals surface area contributed by atoms with Crippen molar-refractivity contribution in [2.75, 3.05) is 0 Å². The molecule has 0 N–H and O–H groups in total. The van der Waals surface area contributed by atoms with Crippen molar-refractivity contribution in [3.05, 3.63) is 157 Å². The Morgan fingerprint density at radius 3 is 2.07 bits per heavy atom. The number of halogens is 1. The number of fused-ring (bicyclic) bond motifs is 3. The van der Waals surface area contributed by atoms with Gasteiger partial charge < -0.3 is 9.40 Å². The molecular weight excluding hydrogens is 876 g/mol. The van der Waals surface area contributed by atoms with Crippen molar-refractivity contribution in [3.8, 4) is 50.8 Å². The predicted octanol–water partition coefficient (Wildman–Crippen LogP) is 11.6. The van der Waals surface area contributed by atoms with E-state index in [-0.39, 0.29) is 31.3 Å². The van der Waals surface area contributed by atoms with Gasteiger partial charge in [-0.05, 0) is 39.3 Å². The third kappa shape index (κ3) is 8.40. The summed E-state index contributed by atoms with van der Waals surface area (Å²) in [6.45, 7) is 13.2. The van der Waals surface area contributed by atoms with Crippen LogP contribution < -0.4 is 5.19 Å². The minimum Gasteiger partial charge on any atom is -0.500 e. The number of nitrogens with zero attached hydrogens (tertiary/aromatic N) is 4. The molecule has 0 saturated carbocycles. The Hall–Kier alpha value is -5.58. The molecule has 3 aromatic heterocycles. The summed E-state index contributed by atoms with van der Waals surface area (Å²) in [5.41, 5.74) is 10.0. The van der Waals surface area contributed by atoms with Crippen LogP contribution in [0.3, 0.4) is 0 Å². The first-order chi connectivity index (χ1) is 25.9. The molecule has 0 spiro atoms. The summed E-state index contributed by atoms with van der Waals surface area (Å²) in [5, 5.41) is 13.2. The van der Waals surface area contributed by atoms with Gasteiger partial charge in [0.1, 0.15) is 11.9 Å². The predicted molar refractivity (Wildman–Crippen MR) is 219 cm³/mol. The fourth-order valence-electron chi connectivity index (χ4n) is 6.30. The van der Waals surface area contributed by atoms with Crippen LogP contribution in [0.5, 0.6) is 0 Å². The smallest absolute Gasteiger partial charge is 0.130 e. The van der Waals surface area contributed by atoms with Crippen LogP contribution >= 0.6 is 0 Å². The van der Waals surface area contributed by atoms with Crippen LogP contribution in [0.4, 0.5) is 4.39 Å². The van der Waals surface area contributed by atoms with Gasteiger partial charge in [-0.1, -0.05) is 130 Å². The average molecular weight is 915 g/mol. The molecule has 8 heteroatoms.